The van der Waals surface area contributed by atoms with Crippen molar-refractivity contribution in [1.82, 2.24) is 29.7 Å². The van der Waals surface area contributed by atoms with E-state index in [2.05, 4.69) is 102 Å². The summed E-state index contributed by atoms with van der Waals surface area (Å²) < 4.78 is 0. The molecule has 12 heteroatoms. The van der Waals surface area contributed by atoms with Crippen LogP contribution in [0.3, 0.4) is 0 Å². The molecular weight excluding hydrogens is 673 g/mol. The Labute approximate surface area is 317 Å². The summed E-state index contributed by atoms with van der Waals surface area (Å²) in [5.74, 6) is 6.01. The molecule has 0 atom stereocenters. The van der Waals surface area contributed by atoms with Crippen molar-refractivity contribution in [2.24, 2.45) is 15.0 Å². The third kappa shape index (κ3) is 6.31. The van der Waals surface area contributed by atoms with E-state index < -0.39 is 0 Å². The Hall–Kier alpha value is -5.52. The van der Waals surface area contributed by atoms with Crippen LogP contribution in [0.15, 0.2) is 87.8 Å². The predicted molar refractivity (Wildman–Crippen MR) is 217 cm³/mol. The van der Waals surface area contributed by atoms with Crippen LogP contribution in [0.25, 0.3) is 33.8 Å². The third-order valence-corrected chi connectivity index (χ3v) is 11.4. The van der Waals surface area contributed by atoms with Crippen molar-refractivity contribution in [2.75, 3.05) is 93.2 Å². The quantitative estimate of drug-likeness (QED) is 0.249. The second-order valence-electron chi connectivity index (χ2n) is 15.0. The van der Waals surface area contributed by atoms with Gasteiger partial charge in [0.1, 0.15) is 17.5 Å². The maximum atomic E-state index is 5.32. The van der Waals surface area contributed by atoms with E-state index in [4.69, 9.17) is 29.9 Å². The zero-order valence-electron chi connectivity index (χ0n) is 31.0. The van der Waals surface area contributed by atoms with E-state index in [9.17, 15) is 0 Å². The highest BCUT2D eigenvalue weighted by Gasteiger charge is 2.30. The van der Waals surface area contributed by atoms with Crippen LogP contribution in [0.4, 0.5) is 17.5 Å². The molecule has 0 amide bonds. The van der Waals surface area contributed by atoms with Crippen LogP contribution >= 0.6 is 0 Å². The standard InChI is InChI=1S/C42H48N12/c1-10-34(46-37(13-1)52-25-7-22-49-19-4-16-43-40(49)52)31-28-32(35-11-2-14-38(47-35)53-26-8-23-50-20-5-17-44-41(50)53)30-33(29-31)36-12-3-15-39(48-36)54-27-9-24-51-21-6-18-45-42(51)54/h1-3,10-15,28-30H,4-9,16-27H2. The van der Waals surface area contributed by atoms with Crippen LogP contribution in [0.2, 0.25) is 0 Å². The minimum absolute atomic E-state index is 0.872. The SMILES string of the molecule is c1cc(-c2cc(-c3cccc(N4CCCN5CCCN=C54)n3)cc(-c3cccc(N4CCCN5CCCN=C54)n3)c2)nc(N2CCCN3CCCN=C32)c1. The minimum Gasteiger partial charge on any atom is -0.342 e. The van der Waals surface area contributed by atoms with Gasteiger partial charge >= 0.3 is 0 Å². The normalized spacial score (nSPS) is 20.1. The molecule has 3 aromatic heterocycles. The Kier molecular flexibility index (Phi) is 8.80. The van der Waals surface area contributed by atoms with Crippen molar-refractivity contribution in [2.45, 2.75) is 38.5 Å². The molecule has 276 valence electrons. The van der Waals surface area contributed by atoms with Gasteiger partial charge in [-0.1, -0.05) is 18.2 Å². The fourth-order valence-electron chi connectivity index (χ4n) is 8.81. The van der Waals surface area contributed by atoms with Gasteiger partial charge in [0.05, 0.1) is 17.1 Å². The summed E-state index contributed by atoms with van der Waals surface area (Å²) >= 11 is 0. The number of fused-ring (bicyclic) bond motifs is 3. The molecular formula is C42H48N12. The topological polar surface area (TPSA) is 95.2 Å². The first-order valence-electron chi connectivity index (χ1n) is 20.0. The van der Waals surface area contributed by atoms with Gasteiger partial charge in [-0.05, 0) is 93.1 Å². The van der Waals surface area contributed by atoms with Crippen molar-refractivity contribution < 1.29 is 0 Å². The molecule has 9 heterocycles. The fraction of sp³-hybridized carbons (Fsp3) is 0.429. The van der Waals surface area contributed by atoms with Gasteiger partial charge in [-0.3, -0.25) is 29.7 Å². The number of aliphatic imine (C=N–C) groups is 3. The third-order valence-electron chi connectivity index (χ3n) is 11.4. The van der Waals surface area contributed by atoms with Gasteiger partial charge < -0.3 is 14.7 Å². The van der Waals surface area contributed by atoms with E-state index in [1.165, 1.54) is 0 Å². The maximum Gasteiger partial charge on any atom is 0.202 e. The van der Waals surface area contributed by atoms with E-state index in [1.807, 2.05) is 0 Å². The average Bonchev–Trinajstić information content (AvgIpc) is 3.26. The number of benzene rings is 1. The number of nitrogens with zero attached hydrogens (tertiary/aromatic N) is 12. The lowest BCUT2D eigenvalue weighted by molar-refractivity contribution is 0.359. The summed E-state index contributed by atoms with van der Waals surface area (Å²) in [5.41, 5.74) is 5.85. The maximum absolute atomic E-state index is 5.32. The molecule has 4 aromatic rings. The van der Waals surface area contributed by atoms with Gasteiger partial charge in [-0.2, -0.15) is 0 Å². The average molecular weight is 721 g/mol. The lowest BCUT2D eigenvalue weighted by Gasteiger charge is -2.40. The molecule has 0 radical (unpaired) electrons. The van der Waals surface area contributed by atoms with Gasteiger partial charge in [-0.25, -0.2) is 15.0 Å². The monoisotopic (exact) mass is 720 g/mol. The van der Waals surface area contributed by atoms with Gasteiger partial charge in [0, 0.05) is 95.2 Å². The van der Waals surface area contributed by atoms with Crippen LogP contribution < -0.4 is 14.7 Å². The van der Waals surface area contributed by atoms with Gasteiger partial charge in [0.25, 0.3) is 0 Å². The molecule has 12 nitrogen and oxygen atoms in total. The summed E-state index contributed by atoms with van der Waals surface area (Å²) in [5, 5.41) is 0. The smallest absolute Gasteiger partial charge is 0.202 e. The lowest BCUT2D eigenvalue weighted by Crippen LogP contribution is -2.52. The predicted octanol–water partition coefficient (Wildman–Crippen LogP) is 5.69. The van der Waals surface area contributed by atoms with Crippen molar-refractivity contribution in [1.29, 1.82) is 0 Å². The molecule has 10 rings (SSSR count). The number of aromatic nitrogens is 3. The summed E-state index contributed by atoms with van der Waals surface area (Å²) in [6.45, 7) is 11.7. The Morgan fingerprint density at radius 2 is 0.667 bits per heavy atom. The van der Waals surface area contributed by atoms with Gasteiger partial charge in [0.15, 0.2) is 0 Å². The minimum atomic E-state index is 0.872. The van der Waals surface area contributed by atoms with Crippen LogP contribution in [0.1, 0.15) is 38.5 Å². The van der Waals surface area contributed by atoms with Crippen LogP contribution in [-0.4, -0.2) is 126 Å². The zero-order chi connectivity index (χ0) is 35.8. The second-order valence-corrected chi connectivity index (χ2v) is 15.0. The second kappa shape index (κ2) is 14.4. The van der Waals surface area contributed by atoms with E-state index in [0.29, 0.717) is 0 Å². The Balaban J connectivity index is 1.06. The van der Waals surface area contributed by atoms with E-state index in [0.717, 1.165) is 186 Å². The first-order chi connectivity index (χ1) is 26.7. The number of guanidine groups is 3. The van der Waals surface area contributed by atoms with E-state index in [-0.39, 0.29) is 0 Å². The van der Waals surface area contributed by atoms with Gasteiger partial charge in [-0.15, -0.1) is 0 Å². The highest BCUT2D eigenvalue weighted by molar-refractivity contribution is 5.98. The first-order valence-corrected chi connectivity index (χ1v) is 20.0. The number of rotatable bonds is 6. The largest absolute Gasteiger partial charge is 0.342 e. The molecule has 0 N–H and O–H groups in total. The van der Waals surface area contributed by atoms with Crippen molar-refractivity contribution >= 4 is 35.3 Å². The highest BCUT2D eigenvalue weighted by atomic mass is 15.4. The van der Waals surface area contributed by atoms with Crippen LogP contribution in [0, 0.1) is 0 Å². The molecule has 0 saturated carbocycles. The van der Waals surface area contributed by atoms with Crippen molar-refractivity contribution in [3.63, 3.8) is 0 Å². The summed E-state index contributed by atoms with van der Waals surface area (Å²) in [7, 11) is 0. The molecule has 54 heavy (non-hydrogen) atoms. The molecule has 1 aromatic carbocycles. The van der Waals surface area contributed by atoms with Crippen LogP contribution in [0.5, 0.6) is 0 Å². The van der Waals surface area contributed by atoms with Gasteiger partial charge in [0.2, 0.25) is 17.9 Å². The summed E-state index contributed by atoms with van der Waals surface area (Å²) in [4.78, 5) is 44.9. The first kappa shape index (κ1) is 33.1. The summed E-state index contributed by atoms with van der Waals surface area (Å²) in [6.07, 6.45) is 6.61. The Bertz CT molecular complexity index is 1880. The van der Waals surface area contributed by atoms with Crippen molar-refractivity contribution in [3.8, 4) is 33.8 Å². The molecule has 0 spiro atoms. The lowest BCUT2D eigenvalue weighted by atomic mass is 9.98. The Morgan fingerprint density at radius 3 is 1.00 bits per heavy atom. The number of hydrogen-bond acceptors (Lipinski definition) is 12. The fourth-order valence-corrected chi connectivity index (χ4v) is 8.81. The number of pyridine rings is 3. The molecule has 6 aliphatic heterocycles. The van der Waals surface area contributed by atoms with Crippen LogP contribution in [-0.2, 0) is 0 Å². The molecule has 3 fully saturated rings. The Morgan fingerprint density at radius 1 is 0.352 bits per heavy atom. The molecule has 0 bridgehead atoms. The van der Waals surface area contributed by atoms with Crippen molar-refractivity contribution in [3.05, 3.63) is 72.8 Å². The van der Waals surface area contributed by atoms with E-state index >= 15 is 0 Å². The number of anilines is 3. The molecule has 6 aliphatic rings. The molecule has 0 aliphatic carbocycles. The number of hydrogen-bond donors (Lipinski definition) is 0. The molecule has 0 unspecified atom stereocenters. The molecule has 3 saturated heterocycles. The van der Waals surface area contributed by atoms with E-state index in [1.54, 1.807) is 0 Å². The highest BCUT2D eigenvalue weighted by Crippen LogP contribution is 2.34. The zero-order valence-corrected chi connectivity index (χ0v) is 31.0. The summed E-state index contributed by atoms with van der Waals surface area (Å²) in [6, 6.07) is 25.8.